The zero-order valence-corrected chi connectivity index (χ0v) is 19.7. The van der Waals surface area contributed by atoms with Crippen LogP contribution in [0.25, 0.3) is 10.9 Å². The molecule has 0 bridgehead atoms. The van der Waals surface area contributed by atoms with E-state index in [1.54, 1.807) is 25.1 Å². The number of rotatable bonds is 5. The molecule has 0 saturated heterocycles. The third-order valence-corrected chi connectivity index (χ3v) is 4.96. The van der Waals surface area contributed by atoms with E-state index in [1.807, 2.05) is 20.8 Å². The third-order valence-electron chi connectivity index (χ3n) is 4.18. The molecule has 0 atom stereocenters. The normalized spacial score (nSPS) is 11.9. The van der Waals surface area contributed by atoms with E-state index in [2.05, 4.69) is 26.0 Å². The molecule has 3 rings (SSSR count). The summed E-state index contributed by atoms with van der Waals surface area (Å²) in [5.74, 6) is 0.381. The Labute approximate surface area is 191 Å². The highest BCUT2D eigenvalue weighted by Gasteiger charge is 2.22. The Hall–Kier alpha value is -2.78. The molecule has 0 amide bonds. The number of benzene rings is 2. The van der Waals surface area contributed by atoms with Crippen LogP contribution in [-0.4, -0.2) is 27.4 Å². The highest BCUT2D eigenvalue weighted by molar-refractivity contribution is 9.10. The maximum atomic E-state index is 12.8. The van der Waals surface area contributed by atoms with Crippen molar-refractivity contribution < 1.29 is 9.66 Å². The molecule has 0 aliphatic rings. The summed E-state index contributed by atoms with van der Waals surface area (Å²) >= 11 is 9.61. The number of aryl methyl sites for hydroxylation is 1. The molecule has 0 fully saturated rings. The van der Waals surface area contributed by atoms with Crippen molar-refractivity contribution >= 4 is 50.3 Å². The summed E-state index contributed by atoms with van der Waals surface area (Å²) in [7, 11) is 0. The standard InChI is InChI=1S/C21H20BrClN4O4/c1-12-25-17-6-5-14(22)9-15(17)20(28)26(12)24-10-13-7-16(23)19(18(8-13)27(29)30)31-11-21(2,3)4/h5-10H,11H2,1-4H3. The lowest BCUT2D eigenvalue weighted by Crippen LogP contribution is -2.20. The number of hydrogen-bond acceptors (Lipinski definition) is 6. The van der Waals surface area contributed by atoms with Gasteiger partial charge in [-0.05, 0) is 36.6 Å². The van der Waals surface area contributed by atoms with Crippen molar-refractivity contribution in [2.45, 2.75) is 27.7 Å². The van der Waals surface area contributed by atoms with Crippen LogP contribution >= 0.6 is 27.5 Å². The van der Waals surface area contributed by atoms with Crippen molar-refractivity contribution in [1.29, 1.82) is 0 Å². The number of nitro benzene ring substituents is 1. The monoisotopic (exact) mass is 506 g/mol. The average molecular weight is 508 g/mol. The first-order valence-electron chi connectivity index (χ1n) is 9.30. The average Bonchev–Trinajstić information content (AvgIpc) is 2.66. The van der Waals surface area contributed by atoms with Gasteiger partial charge in [0.05, 0.1) is 33.7 Å². The fourth-order valence-electron chi connectivity index (χ4n) is 2.76. The second-order valence-electron chi connectivity index (χ2n) is 8.14. The van der Waals surface area contributed by atoms with Crippen LogP contribution < -0.4 is 10.3 Å². The van der Waals surface area contributed by atoms with Crippen LogP contribution in [0.4, 0.5) is 5.69 Å². The molecule has 0 aliphatic carbocycles. The molecule has 1 aromatic heterocycles. The van der Waals surface area contributed by atoms with E-state index in [-0.39, 0.29) is 34.0 Å². The summed E-state index contributed by atoms with van der Waals surface area (Å²) in [5.41, 5.74) is 0.0684. The summed E-state index contributed by atoms with van der Waals surface area (Å²) in [4.78, 5) is 28.2. The molecule has 0 radical (unpaired) electrons. The Morgan fingerprint density at radius 2 is 2.03 bits per heavy atom. The van der Waals surface area contributed by atoms with Gasteiger partial charge in [-0.1, -0.05) is 48.3 Å². The van der Waals surface area contributed by atoms with Gasteiger partial charge >= 0.3 is 5.69 Å². The smallest absolute Gasteiger partial charge is 0.313 e. The lowest BCUT2D eigenvalue weighted by molar-refractivity contribution is -0.385. The van der Waals surface area contributed by atoms with Crippen molar-refractivity contribution in [3.63, 3.8) is 0 Å². The Morgan fingerprint density at radius 1 is 1.32 bits per heavy atom. The van der Waals surface area contributed by atoms with Gasteiger partial charge in [0.15, 0.2) is 0 Å². The fraction of sp³-hybridized carbons (Fsp3) is 0.286. The molecule has 10 heteroatoms. The Balaban J connectivity index is 2.03. The predicted molar refractivity (Wildman–Crippen MR) is 124 cm³/mol. The van der Waals surface area contributed by atoms with E-state index in [0.29, 0.717) is 22.3 Å². The number of nitrogens with zero attached hydrogens (tertiary/aromatic N) is 4. The Bertz CT molecular complexity index is 1260. The molecular weight excluding hydrogens is 488 g/mol. The number of hydrogen-bond donors (Lipinski definition) is 0. The topological polar surface area (TPSA) is 99.6 Å². The van der Waals surface area contributed by atoms with Crippen LogP contribution in [-0.2, 0) is 0 Å². The maximum Gasteiger partial charge on any atom is 0.313 e. The minimum Gasteiger partial charge on any atom is -0.485 e. The molecule has 0 aliphatic heterocycles. The predicted octanol–water partition coefficient (Wildman–Crippen LogP) is 5.34. The number of halogens is 2. The molecule has 2 aromatic carbocycles. The van der Waals surface area contributed by atoms with Crippen LogP contribution in [0.15, 0.2) is 44.7 Å². The maximum absolute atomic E-state index is 12.8. The SMILES string of the molecule is Cc1nc2ccc(Br)cc2c(=O)n1N=Cc1cc(Cl)c(OCC(C)(C)C)c([N+](=O)[O-])c1. The van der Waals surface area contributed by atoms with Crippen molar-refractivity contribution in [3.8, 4) is 5.75 Å². The molecule has 1 heterocycles. The van der Waals surface area contributed by atoms with Gasteiger partial charge < -0.3 is 4.74 Å². The summed E-state index contributed by atoms with van der Waals surface area (Å²) in [6.45, 7) is 7.75. The van der Waals surface area contributed by atoms with Crippen molar-refractivity contribution in [2.75, 3.05) is 6.61 Å². The molecule has 3 aromatic rings. The van der Waals surface area contributed by atoms with E-state index in [1.165, 1.54) is 18.3 Å². The van der Waals surface area contributed by atoms with Crippen LogP contribution in [0.2, 0.25) is 5.02 Å². The lowest BCUT2D eigenvalue weighted by atomic mass is 9.99. The zero-order valence-electron chi connectivity index (χ0n) is 17.3. The molecular formula is C21H20BrClN4O4. The first-order chi connectivity index (χ1) is 14.5. The van der Waals surface area contributed by atoms with Gasteiger partial charge in [-0.2, -0.15) is 9.78 Å². The zero-order chi connectivity index (χ0) is 22.9. The number of fused-ring (bicyclic) bond motifs is 1. The first kappa shape index (κ1) is 22.9. The van der Waals surface area contributed by atoms with Crippen molar-refractivity contribution in [3.05, 3.63) is 71.7 Å². The molecule has 0 saturated carbocycles. The van der Waals surface area contributed by atoms with E-state index >= 15 is 0 Å². The first-order valence-corrected chi connectivity index (χ1v) is 10.5. The second kappa shape index (κ2) is 8.76. The van der Waals surface area contributed by atoms with Crippen LogP contribution in [0.1, 0.15) is 32.2 Å². The Kier molecular flexibility index (Phi) is 6.47. The molecule has 31 heavy (non-hydrogen) atoms. The van der Waals surface area contributed by atoms with Crippen molar-refractivity contribution in [2.24, 2.45) is 10.5 Å². The van der Waals surface area contributed by atoms with Crippen molar-refractivity contribution in [1.82, 2.24) is 9.66 Å². The Morgan fingerprint density at radius 3 is 2.68 bits per heavy atom. The van der Waals surface area contributed by atoms with Crippen LogP contribution in [0.5, 0.6) is 5.75 Å². The highest BCUT2D eigenvalue weighted by Crippen LogP contribution is 2.36. The lowest BCUT2D eigenvalue weighted by Gasteiger charge is -2.19. The quantitative estimate of drug-likeness (QED) is 0.264. The molecule has 162 valence electrons. The van der Waals surface area contributed by atoms with Crippen LogP contribution in [0.3, 0.4) is 0 Å². The third kappa shape index (κ3) is 5.29. The van der Waals surface area contributed by atoms with Gasteiger partial charge in [0.2, 0.25) is 5.75 Å². The van der Waals surface area contributed by atoms with Crippen LogP contribution in [0, 0.1) is 22.5 Å². The second-order valence-corrected chi connectivity index (χ2v) is 9.46. The van der Waals surface area contributed by atoms with E-state index < -0.39 is 4.92 Å². The van der Waals surface area contributed by atoms with Gasteiger partial charge in [-0.3, -0.25) is 14.9 Å². The van der Waals surface area contributed by atoms with E-state index in [4.69, 9.17) is 16.3 Å². The molecule has 0 spiro atoms. The highest BCUT2D eigenvalue weighted by atomic mass is 79.9. The van der Waals surface area contributed by atoms with Gasteiger partial charge in [-0.15, -0.1) is 0 Å². The molecule has 0 N–H and O–H groups in total. The number of nitro groups is 1. The van der Waals surface area contributed by atoms with E-state index in [0.717, 1.165) is 9.15 Å². The summed E-state index contributed by atoms with van der Waals surface area (Å²) in [6, 6.07) is 8.01. The number of aromatic nitrogens is 2. The van der Waals surface area contributed by atoms with E-state index in [9.17, 15) is 14.9 Å². The van der Waals surface area contributed by atoms with Gasteiger partial charge in [-0.25, -0.2) is 4.98 Å². The largest absolute Gasteiger partial charge is 0.485 e. The summed E-state index contributed by atoms with van der Waals surface area (Å²) in [6.07, 6.45) is 1.33. The fourth-order valence-corrected chi connectivity index (χ4v) is 3.40. The van der Waals surface area contributed by atoms with Gasteiger partial charge in [0.25, 0.3) is 5.56 Å². The minimum absolute atomic E-state index is 0.00399. The minimum atomic E-state index is -0.562. The number of ether oxygens (including phenoxy) is 1. The summed E-state index contributed by atoms with van der Waals surface area (Å²) < 4.78 is 7.50. The van der Waals surface area contributed by atoms with Gasteiger partial charge in [0.1, 0.15) is 5.82 Å². The van der Waals surface area contributed by atoms with Gasteiger partial charge in [0, 0.05) is 16.1 Å². The molecule has 8 nitrogen and oxygen atoms in total. The summed E-state index contributed by atoms with van der Waals surface area (Å²) in [5, 5.41) is 16.2. The molecule has 0 unspecified atom stereocenters.